The molecule has 5 rings (SSSR count). The van der Waals surface area contributed by atoms with Crippen LogP contribution in [0.25, 0.3) is 0 Å². The summed E-state index contributed by atoms with van der Waals surface area (Å²) in [4.78, 5) is 60.6. The zero-order valence-electron chi connectivity index (χ0n) is 29.2. The number of carbonyl (C=O) groups excluding carboxylic acids is 4. The molecule has 2 aromatic heterocycles. The third-order valence-electron chi connectivity index (χ3n) is 10.0. The number of halogens is 3. The largest absolute Gasteiger partial charge is 0.495 e. The van der Waals surface area contributed by atoms with Crippen LogP contribution in [0.2, 0.25) is 0 Å². The molecule has 3 N–H and O–H groups in total. The number of pyridine rings is 1. The molecule has 1 aliphatic carbocycles. The van der Waals surface area contributed by atoms with Gasteiger partial charge in [-0.3, -0.25) is 19.4 Å². The van der Waals surface area contributed by atoms with Crippen LogP contribution in [0.5, 0.6) is 5.75 Å². The fourth-order valence-corrected chi connectivity index (χ4v) is 7.11. The van der Waals surface area contributed by atoms with Crippen molar-refractivity contribution >= 4 is 41.2 Å². The summed E-state index contributed by atoms with van der Waals surface area (Å²) in [6.45, 7) is 3.59. The van der Waals surface area contributed by atoms with Gasteiger partial charge in [-0.1, -0.05) is 36.7 Å². The minimum absolute atomic E-state index is 0.0309. The predicted molar refractivity (Wildman–Crippen MR) is 187 cm³/mol. The van der Waals surface area contributed by atoms with Crippen molar-refractivity contribution in [1.29, 1.82) is 0 Å². The molecule has 3 amide bonds. The Balaban J connectivity index is 1.36. The second kappa shape index (κ2) is 16.8. The molecule has 0 unspecified atom stereocenters. The van der Waals surface area contributed by atoms with Crippen molar-refractivity contribution in [1.82, 2.24) is 35.0 Å². The van der Waals surface area contributed by atoms with Gasteiger partial charge in [-0.2, -0.15) is 8.78 Å². The van der Waals surface area contributed by atoms with Crippen LogP contribution in [0.4, 0.5) is 18.9 Å². The topological polar surface area (TPSA) is 159 Å². The highest BCUT2D eigenvalue weighted by Gasteiger charge is 2.48. The van der Waals surface area contributed by atoms with Crippen LogP contribution < -0.4 is 20.7 Å². The normalized spacial score (nSPS) is 18.1. The van der Waals surface area contributed by atoms with Gasteiger partial charge in [0.1, 0.15) is 34.3 Å². The fraction of sp³-hybridized carbons (Fsp3) is 0.514. The van der Waals surface area contributed by atoms with E-state index in [1.165, 1.54) is 31.6 Å². The predicted octanol–water partition coefficient (Wildman–Crippen LogP) is 3.60. The number of rotatable bonds is 14. The van der Waals surface area contributed by atoms with Crippen molar-refractivity contribution in [2.75, 3.05) is 52.2 Å². The highest BCUT2D eigenvalue weighted by Crippen LogP contribution is 2.36. The number of piperazine rings is 1. The van der Waals surface area contributed by atoms with Crippen LogP contribution in [-0.2, 0) is 20.3 Å². The second-order valence-corrected chi connectivity index (χ2v) is 14.2. The number of aromatic nitrogens is 3. The van der Waals surface area contributed by atoms with Gasteiger partial charge in [0.05, 0.1) is 30.8 Å². The van der Waals surface area contributed by atoms with Crippen LogP contribution in [-0.4, -0.2) is 107 Å². The van der Waals surface area contributed by atoms with E-state index < -0.39 is 52.5 Å². The number of benzene rings is 1. The molecule has 2 aliphatic rings. The number of hydrogen-bond acceptors (Lipinski definition) is 11. The van der Waals surface area contributed by atoms with E-state index in [1.807, 2.05) is 7.05 Å². The number of ether oxygens (including phenoxy) is 1. The molecule has 13 nitrogen and oxygen atoms in total. The quantitative estimate of drug-likeness (QED) is 0.209. The Morgan fingerprint density at radius 2 is 1.81 bits per heavy atom. The first-order valence-electron chi connectivity index (χ1n) is 17.1. The lowest BCUT2D eigenvalue weighted by molar-refractivity contribution is -0.151. The molecular formula is C35H43F3N8O5S. The van der Waals surface area contributed by atoms with Crippen molar-refractivity contribution < 1.29 is 37.1 Å². The maximum Gasteiger partial charge on any atom is 0.351 e. The lowest BCUT2D eigenvalue weighted by atomic mass is 9.75. The number of aldehydes is 1. The van der Waals surface area contributed by atoms with Gasteiger partial charge in [-0.25, -0.2) is 4.39 Å². The number of nitrogens with zero attached hydrogens (tertiary/aromatic N) is 5. The van der Waals surface area contributed by atoms with Gasteiger partial charge >= 0.3 is 5.92 Å². The molecule has 1 saturated heterocycles. The van der Waals surface area contributed by atoms with Gasteiger partial charge in [0.2, 0.25) is 5.91 Å². The van der Waals surface area contributed by atoms with Gasteiger partial charge < -0.3 is 35.3 Å². The van der Waals surface area contributed by atoms with Gasteiger partial charge in [0.25, 0.3) is 11.8 Å². The Labute approximate surface area is 303 Å². The summed E-state index contributed by atoms with van der Waals surface area (Å²) >= 11 is 0.883. The third-order valence-corrected chi connectivity index (χ3v) is 10.7. The molecule has 0 radical (unpaired) electrons. The molecule has 1 saturated carbocycles. The summed E-state index contributed by atoms with van der Waals surface area (Å²) in [5, 5.41) is 11.7. The summed E-state index contributed by atoms with van der Waals surface area (Å²) in [7, 11) is 3.24. The molecule has 2 fully saturated rings. The lowest BCUT2D eigenvalue weighted by Gasteiger charge is -2.40. The number of methoxy groups -OCH3 is 1. The molecule has 1 aliphatic heterocycles. The highest BCUT2D eigenvalue weighted by atomic mass is 32.1. The van der Waals surface area contributed by atoms with Crippen LogP contribution in [0.3, 0.4) is 0 Å². The molecule has 3 atom stereocenters. The Hall–Kier alpha value is -4.64. The molecule has 280 valence electrons. The van der Waals surface area contributed by atoms with E-state index in [-0.39, 0.29) is 28.8 Å². The number of anilines is 1. The average molecular weight is 745 g/mol. The summed E-state index contributed by atoms with van der Waals surface area (Å²) in [6, 6.07) is 4.19. The maximum atomic E-state index is 15.8. The van der Waals surface area contributed by atoms with E-state index in [0.717, 1.165) is 43.1 Å². The van der Waals surface area contributed by atoms with Gasteiger partial charge in [-0.15, -0.1) is 5.10 Å². The van der Waals surface area contributed by atoms with Crippen molar-refractivity contribution in [2.45, 2.75) is 62.4 Å². The minimum atomic E-state index is -4.06. The van der Waals surface area contributed by atoms with E-state index in [2.05, 4.69) is 35.4 Å². The minimum Gasteiger partial charge on any atom is -0.495 e. The summed E-state index contributed by atoms with van der Waals surface area (Å²) in [5.41, 5.74) is -2.13. The molecular weight excluding hydrogens is 701 g/mol. The Morgan fingerprint density at radius 3 is 2.44 bits per heavy atom. The molecule has 1 aromatic carbocycles. The molecule has 52 heavy (non-hydrogen) atoms. The standard InChI is InChI=1S/C35H43F3N8O5S/c1-22(30(42-31(48)29-19-41-44-52-29)32(49)46-13-11-45(2)12-14-46)23-9-10-28(27(36)15-23)40-20-34(21-47,24-7-5-4-6-8-24)43-33(50)35(37,38)25-16-26(51-3)18-39-17-25/h9-10,15-19,21-22,24,30,40H,4-8,11-14,20H2,1-3H3,(H,42,48)(H,43,50)/t22-,30+,34+/m0/s1. The van der Waals surface area contributed by atoms with Crippen LogP contribution >= 0.6 is 11.5 Å². The zero-order chi connectivity index (χ0) is 37.5. The lowest BCUT2D eigenvalue weighted by Crippen LogP contribution is -2.62. The Bertz CT molecular complexity index is 1720. The van der Waals surface area contributed by atoms with E-state index in [0.29, 0.717) is 50.9 Å². The summed E-state index contributed by atoms with van der Waals surface area (Å²) in [5.74, 6) is -8.47. The highest BCUT2D eigenvalue weighted by molar-refractivity contribution is 7.07. The second-order valence-electron chi connectivity index (χ2n) is 13.4. The third kappa shape index (κ3) is 8.69. The molecule has 3 heterocycles. The monoisotopic (exact) mass is 744 g/mol. The van der Waals surface area contributed by atoms with Gasteiger partial charge in [0.15, 0.2) is 0 Å². The molecule has 3 aromatic rings. The number of carbonyl (C=O) groups is 4. The summed E-state index contributed by atoms with van der Waals surface area (Å²) < 4.78 is 55.5. The van der Waals surface area contributed by atoms with Crippen LogP contribution in [0.1, 0.15) is 65.7 Å². The van der Waals surface area contributed by atoms with Crippen LogP contribution in [0.15, 0.2) is 42.9 Å². The Morgan fingerprint density at radius 1 is 1.08 bits per heavy atom. The van der Waals surface area contributed by atoms with Gasteiger partial charge in [0, 0.05) is 44.8 Å². The Kier molecular flexibility index (Phi) is 12.5. The van der Waals surface area contributed by atoms with Crippen molar-refractivity contribution in [3.63, 3.8) is 0 Å². The van der Waals surface area contributed by atoms with Crippen molar-refractivity contribution in [2.24, 2.45) is 5.92 Å². The first kappa shape index (κ1) is 38.6. The van der Waals surface area contributed by atoms with E-state index in [4.69, 9.17) is 4.74 Å². The fourth-order valence-electron chi connectivity index (χ4n) is 6.69. The SMILES string of the molecule is COc1cncc(C(F)(F)C(=O)N[C@@](C=O)(CNc2ccc([C@H](C)[C@@H](NC(=O)c3cnns3)C(=O)N3CCN(C)CC3)cc2F)C2CCCCC2)c1. The number of hydrogen-bond donors (Lipinski definition) is 3. The van der Waals surface area contributed by atoms with E-state index in [9.17, 15) is 19.2 Å². The van der Waals surface area contributed by atoms with E-state index in [1.54, 1.807) is 17.9 Å². The maximum absolute atomic E-state index is 15.8. The number of nitrogens with one attached hydrogen (secondary N) is 3. The molecule has 17 heteroatoms. The first-order valence-corrected chi connectivity index (χ1v) is 17.9. The molecule has 0 bridgehead atoms. The van der Waals surface area contributed by atoms with Gasteiger partial charge in [-0.05, 0) is 61.1 Å². The zero-order valence-corrected chi connectivity index (χ0v) is 30.1. The first-order chi connectivity index (χ1) is 24.9. The summed E-state index contributed by atoms with van der Waals surface area (Å²) in [6.07, 6.45) is 7.19. The van der Waals surface area contributed by atoms with Crippen LogP contribution in [0, 0.1) is 11.7 Å². The number of amides is 3. The number of likely N-dealkylation sites (N-methyl/N-ethyl adjacent to an activating group) is 1. The smallest absolute Gasteiger partial charge is 0.351 e. The average Bonchev–Trinajstić information content (AvgIpc) is 3.71. The number of alkyl halides is 2. The van der Waals surface area contributed by atoms with E-state index >= 15 is 13.2 Å². The van der Waals surface area contributed by atoms with Crippen molar-refractivity contribution in [3.8, 4) is 5.75 Å². The van der Waals surface area contributed by atoms with Crippen molar-refractivity contribution in [3.05, 3.63) is 64.7 Å². The molecule has 0 spiro atoms.